The van der Waals surface area contributed by atoms with Gasteiger partial charge in [-0.15, -0.1) is 0 Å². The van der Waals surface area contributed by atoms with E-state index in [9.17, 15) is 13.7 Å². The molecule has 0 spiro atoms. The Morgan fingerprint density at radius 3 is 1.56 bits per heavy atom. The van der Waals surface area contributed by atoms with Crippen molar-refractivity contribution in [3.05, 3.63) is 224 Å². The Morgan fingerprint density at radius 2 is 0.836 bits per heavy atom. The van der Waals surface area contributed by atoms with Crippen LogP contribution >= 0.6 is 0 Å². The molecule has 0 aliphatic carbocycles. The molecule has 0 aliphatic heterocycles. The van der Waals surface area contributed by atoms with Crippen LogP contribution in [0.3, 0.4) is 0 Å². The van der Waals surface area contributed by atoms with Crippen molar-refractivity contribution in [1.29, 1.82) is 0 Å². The second kappa shape index (κ2) is 14.0. The summed E-state index contributed by atoms with van der Waals surface area (Å²) in [6, 6.07) is 39.3. The number of anilines is 3. The molecule has 10 aromatic rings. The van der Waals surface area contributed by atoms with Crippen molar-refractivity contribution in [1.82, 2.24) is 0 Å². The fourth-order valence-corrected chi connectivity index (χ4v) is 7.11. The third-order valence-electron chi connectivity index (χ3n) is 9.88. The van der Waals surface area contributed by atoms with Crippen molar-refractivity contribution in [2.24, 2.45) is 0 Å². The van der Waals surface area contributed by atoms with Crippen molar-refractivity contribution >= 4 is 49.4 Å². The van der Waals surface area contributed by atoms with Crippen molar-refractivity contribution < 1.29 is 16.4 Å². The van der Waals surface area contributed by atoms with Gasteiger partial charge >= 0.3 is 0 Å². The Kier molecular flexibility index (Phi) is 5.61. The fourth-order valence-electron chi connectivity index (χ4n) is 7.11. The maximum absolute atomic E-state index is 9.84. The summed E-state index contributed by atoms with van der Waals surface area (Å²) in [5.74, 6) is 0. The lowest BCUT2D eigenvalue weighted by Gasteiger charge is -2.26. The average Bonchev–Trinajstić information content (AvgIpc) is 3.35. The van der Waals surface area contributed by atoms with E-state index in [1.165, 1.54) is 0 Å². The lowest BCUT2D eigenvalue weighted by Crippen LogP contribution is -2.10. The zero-order chi connectivity index (χ0) is 47.0. The summed E-state index contributed by atoms with van der Waals surface area (Å²) in [6.45, 7) is 0. The SMILES string of the molecule is [2H]c1c([2H])c(-c2cccc3ccccc23)c([2H])c(N(c2c([2H])c([2H])c(-c3ccc(-c4ccccc4)cc3)c([2H])c2[2H])c2c([2H])c([2H])c(-c3ccc4c(ccc5ccccc54)c3)c([2H])c2[2H])c1[2H]. The average molecular weight is 712 g/mol. The van der Waals surface area contributed by atoms with E-state index < -0.39 is 89.6 Å². The lowest BCUT2D eigenvalue weighted by molar-refractivity contribution is 1.28. The predicted molar refractivity (Wildman–Crippen MR) is 235 cm³/mol. The molecule has 0 fully saturated rings. The van der Waals surface area contributed by atoms with Crippen molar-refractivity contribution in [3.63, 3.8) is 0 Å². The molecule has 0 heterocycles. The minimum absolute atomic E-state index is 0.0427. The molecule has 0 saturated carbocycles. The van der Waals surface area contributed by atoms with Gasteiger partial charge in [0.15, 0.2) is 0 Å². The molecular weight excluding hydrogens is 663 g/mol. The molecule has 0 aromatic heterocycles. The van der Waals surface area contributed by atoms with E-state index in [1.54, 1.807) is 48.5 Å². The summed E-state index contributed by atoms with van der Waals surface area (Å²) in [7, 11) is 0. The molecule has 1 heteroatoms. The molecule has 10 aromatic carbocycles. The highest BCUT2D eigenvalue weighted by Gasteiger charge is 2.15. The Hall–Kier alpha value is -7.22. The van der Waals surface area contributed by atoms with Crippen LogP contribution in [0.25, 0.3) is 76.8 Å². The second-order valence-electron chi connectivity index (χ2n) is 13.2. The second-order valence-corrected chi connectivity index (χ2v) is 13.2. The summed E-state index contributed by atoms with van der Waals surface area (Å²) < 4.78 is 114. The maximum Gasteiger partial charge on any atom is 0.0651 e. The summed E-state index contributed by atoms with van der Waals surface area (Å²) in [4.78, 5) is 0.900. The summed E-state index contributed by atoms with van der Waals surface area (Å²) in [5, 5.41) is 5.15. The largest absolute Gasteiger partial charge is 0.310 e. The first-order chi connectivity index (χ1) is 32.3. The van der Waals surface area contributed by atoms with Crippen molar-refractivity contribution in [2.75, 3.05) is 4.90 Å². The minimum atomic E-state index is -0.723. The van der Waals surface area contributed by atoms with Crippen LogP contribution < -0.4 is 4.90 Å². The molecule has 0 aliphatic rings. The molecule has 0 bridgehead atoms. The van der Waals surface area contributed by atoms with Gasteiger partial charge in [0.25, 0.3) is 0 Å². The third-order valence-corrected chi connectivity index (χ3v) is 9.88. The summed E-state index contributed by atoms with van der Waals surface area (Å²) in [6.07, 6.45) is 0. The van der Waals surface area contributed by atoms with Gasteiger partial charge in [0.05, 0.1) is 16.4 Å². The van der Waals surface area contributed by atoms with Gasteiger partial charge in [0.2, 0.25) is 0 Å². The maximum atomic E-state index is 9.84. The van der Waals surface area contributed by atoms with E-state index in [1.807, 2.05) is 103 Å². The first kappa shape index (κ1) is 22.1. The smallest absolute Gasteiger partial charge is 0.0651 e. The van der Waals surface area contributed by atoms with Crippen LogP contribution in [0.1, 0.15) is 16.4 Å². The molecular formula is C54H37N. The molecule has 258 valence electrons. The monoisotopic (exact) mass is 711 g/mol. The highest BCUT2D eigenvalue weighted by atomic mass is 15.1. The van der Waals surface area contributed by atoms with Crippen LogP contribution in [0.2, 0.25) is 0 Å². The highest BCUT2D eigenvalue weighted by molar-refractivity contribution is 6.08. The first-order valence-electron chi connectivity index (χ1n) is 24.0. The molecule has 0 atom stereocenters. The topological polar surface area (TPSA) is 3.24 Å². The Balaban J connectivity index is 1.25. The minimum Gasteiger partial charge on any atom is -0.310 e. The molecule has 0 unspecified atom stereocenters. The molecule has 0 radical (unpaired) electrons. The van der Waals surface area contributed by atoms with Crippen LogP contribution in [0, 0.1) is 0 Å². The van der Waals surface area contributed by atoms with E-state index in [-0.39, 0.29) is 16.7 Å². The number of rotatable bonds is 7. The number of fused-ring (bicyclic) bond motifs is 4. The molecule has 10 rings (SSSR count). The van der Waals surface area contributed by atoms with Crippen molar-refractivity contribution in [3.8, 4) is 44.5 Å². The predicted octanol–water partition coefficient (Wildman–Crippen LogP) is 15.3. The van der Waals surface area contributed by atoms with Gasteiger partial charge < -0.3 is 4.90 Å². The molecule has 0 saturated heterocycles. The zero-order valence-corrected chi connectivity index (χ0v) is 29.4. The number of hydrogen-bond acceptors (Lipinski definition) is 1. The molecule has 0 N–H and O–H groups in total. The van der Waals surface area contributed by atoms with Gasteiger partial charge in [-0.1, -0.05) is 182 Å². The Bertz CT molecular complexity index is 3600. The van der Waals surface area contributed by atoms with E-state index in [0.717, 1.165) is 43.0 Å². The van der Waals surface area contributed by atoms with E-state index in [0.29, 0.717) is 22.1 Å². The van der Waals surface area contributed by atoms with Gasteiger partial charge in [-0.05, 0) is 119 Å². The van der Waals surface area contributed by atoms with E-state index >= 15 is 0 Å². The van der Waals surface area contributed by atoms with Gasteiger partial charge in [-0.2, -0.15) is 0 Å². The quantitative estimate of drug-likeness (QED) is 0.149. The normalized spacial score (nSPS) is 14.3. The first-order valence-corrected chi connectivity index (χ1v) is 18.0. The lowest BCUT2D eigenvalue weighted by atomic mass is 9.97. The van der Waals surface area contributed by atoms with Crippen LogP contribution in [0.4, 0.5) is 17.1 Å². The van der Waals surface area contributed by atoms with Gasteiger partial charge in [-0.25, -0.2) is 0 Å². The van der Waals surface area contributed by atoms with Gasteiger partial charge in [0.1, 0.15) is 0 Å². The van der Waals surface area contributed by atoms with E-state index in [4.69, 9.17) is 2.74 Å². The number of nitrogens with zero attached hydrogens (tertiary/aromatic N) is 1. The standard InChI is InChI=1S/C54H37N/c1-2-10-38(11-3-1)39-20-22-40(23-21-39)41-26-31-48(32-27-41)55(50-16-8-15-46(37-50)53-19-9-14-43-12-4-6-17-51(43)53)49-33-28-42(29-34-49)45-30-35-54-47(36-45)25-24-44-13-5-7-18-52(44)54/h1-37H/i8D,15D,16D,26D,27D,28D,29D,31D,32D,33D,34D,37D. The molecule has 0 amide bonds. The van der Waals surface area contributed by atoms with Crippen molar-refractivity contribution in [2.45, 2.75) is 0 Å². The van der Waals surface area contributed by atoms with Crippen LogP contribution in [0.15, 0.2) is 224 Å². The number of benzene rings is 10. The highest BCUT2D eigenvalue weighted by Crippen LogP contribution is 2.40. The zero-order valence-electron chi connectivity index (χ0n) is 41.4. The fraction of sp³-hybridized carbons (Fsp3) is 0. The van der Waals surface area contributed by atoms with Crippen LogP contribution in [0.5, 0.6) is 0 Å². The van der Waals surface area contributed by atoms with Gasteiger partial charge in [-0.3, -0.25) is 0 Å². The summed E-state index contributed by atoms with van der Waals surface area (Å²) in [5.41, 5.74) is 1.12. The van der Waals surface area contributed by atoms with E-state index in [2.05, 4.69) is 0 Å². The Labute approximate surface area is 338 Å². The number of hydrogen-bond donors (Lipinski definition) is 0. The molecule has 55 heavy (non-hydrogen) atoms. The van der Waals surface area contributed by atoms with Crippen LogP contribution in [-0.2, 0) is 0 Å². The summed E-state index contributed by atoms with van der Waals surface area (Å²) >= 11 is 0. The molecule has 1 nitrogen and oxygen atoms in total. The third kappa shape index (κ3) is 6.22. The van der Waals surface area contributed by atoms with Crippen LogP contribution in [-0.4, -0.2) is 0 Å². The Morgan fingerprint density at radius 1 is 0.309 bits per heavy atom. The van der Waals surface area contributed by atoms with Gasteiger partial charge in [0, 0.05) is 17.1 Å².